The molecule has 0 aromatic heterocycles. The molecule has 0 bridgehead atoms. The predicted octanol–water partition coefficient (Wildman–Crippen LogP) is 3.39. The van der Waals surface area contributed by atoms with Crippen molar-refractivity contribution < 1.29 is 14.2 Å². The number of hydrogen-bond donors (Lipinski definition) is 1. The van der Waals surface area contributed by atoms with Gasteiger partial charge in [-0.15, -0.1) is 0 Å². The van der Waals surface area contributed by atoms with Gasteiger partial charge in [0.15, 0.2) is 0 Å². The van der Waals surface area contributed by atoms with Crippen molar-refractivity contribution in [1.82, 2.24) is 0 Å². The van der Waals surface area contributed by atoms with E-state index in [2.05, 4.69) is 0 Å². The third kappa shape index (κ3) is 3.64. The summed E-state index contributed by atoms with van der Waals surface area (Å²) in [6.45, 7) is 1.33. The Morgan fingerprint density at radius 3 is 2.52 bits per heavy atom. The zero-order valence-corrected chi connectivity index (χ0v) is 13.3. The molecule has 4 heteroatoms. The average Bonchev–Trinajstić information content (AvgIpc) is 2.57. The van der Waals surface area contributed by atoms with Crippen LogP contribution in [0, 0.1) is 5.82 Å². The molecule has 23 heavy (non-hydrogen) atoms. The van der Waals surface area contributed by atoms with Gasteiger partial charge >= 0.3 is 0 Å². The van der Waals surface area contributed by atoms with Crippen LogP contribution in [0.3, 0.4) is 0 Å². The Morgan fingerprint density at radius 1 is 1.17 bits per heavy atom. The quantitative estimate of drug-likeness (QED) is 0.939. The van der Waals surface area contributed by atoms with E-state index < -0.39 is 0 Å². The Kier molecular flexibility index (Phi) is 4.82. The SMILES string of the molecule is COc1cc(N2CCC(O)CC2)c(F)cc1Cc1ccccc1. The summed E-state index contributed by atoms with van der Waals surface area (Å²) in [4.78, 5) is 1.98. The third-order valence-corrected chi connectivity index (χ3v) is 4.39. The highest BCUT2D eigenvalue weighted by Crippen LogP contribution is 2.32. The van der Waals surface area contributed by atoms with E-state index in [0.29, 0.717) is 43.8 Å². The Morgan fingerprint density at radius 2 is 1.87 bits per heavy atom. The second-order valence-electron chi connectivity index (χ2n) is 6.00. The van der Waals surface area contributed by atoms with E-state index in [1.165, 1.54) is 0 Å². The van der Waals surface area contributed by atoms with Gasteiger partial charge in [0, 0.05) is 31.1 Å². The second kappa shape index (κ2) is 7.01. The minimum absolute atomic E-state index is 0.229. The fourth-order valence-corrected chi connectivity index (χ4v) is 3.08. The van der Waals surface area contributed by atoms with Crippen LogP contribution in [0.25, 0.3) is 0 Å². The van der Waals surface area contributed by atoms with Crippen molar-refractivity contribution in [2.24, 2.45) is 0 Å². The molecule has 0 unspecified atom stereocenters. The predicted molar refractivity (Wildman–Crippen MR) is 89.7 cm³/mol. The molecular formula is C19H22FNO2. The number of rotatable bonds is 4. The summed E-state index contributed by atoms with van der Waals surface area (Å²) in [5.41, 5.74) is 2.53. The van der Waals surface area contributed by atoms with Crippen molar-refractivity contribution in [3.63, 3.8) is 0 Å². The molecule has 0 saturated carbocycles. The normalized spacial score (nSPS) is 15.7. The minimum Gasteiger partial charge on any atom is -0.496 e. The van der Waals surface area contributed by atoms with Crippen LogP contribution >= 0.6 is 0 Å². The fraction of sp³-hybridized carbons (Fsp3) is 0.368. The van der Waals surface area contributed by atoms with Crippen LogP contribution < -0.4 is 9.64 Å². The first kappa shape index (κ1) is 15.8. The minimum atomic E-state index is -0.270. The van der Waals surface area contributed by atoms with Gasteiger partial charge in [-0.3, -0.25) is 0 Å². The maximum absolute atomic E-state index is 14.6. The maximum Gasteiger partial charge on any atom is 0.147 e. The topological polar surface area (TPSA) is 32.7 Å². The lowest BCUT2D eigenvalue weighted by Crippen LogP contribution is -2.36. The summed E-state index contributed by atoms with van der Waals surface area (Å²) >= 11 is 0. The van der Waals surface area contributed by atoms with Crippen molar-refractivity contribution in [2.45, 2.75) is 25.4 Å². The van der Waals surface area contributed by atoms with Crippen molar-refractivity contribution in [2.75, 3.05) is 25.1 Å². The third-order valence-electron chi connectivity index (χ3n) is 4.39. The fourth-order valence-electron chi connectivity index (χ4n) is 3.08. The summed E-state index contributed by atoms with van der Waals surface area (Å²) in [6, 6.07) is 13.3. The summed E-state index contributed by atoms with van der Waals surface area (Å²) in [5, 5.41) is 9.61. The zero-order valence-electron chi connectivity index (χ0n) is 13.3. The lowest BCUT2D eigenvalue weighted by Gasteiger charge is -2.32. The number of aliphatic hydroxyl groups is 1. The van der Waals surface area contributed by atoms with Crippen LogP contribution in [-0.4, -0.2) is 31.4 Å². The number of benzene rings is 2. The molecule has 0 amide bonds. The molecule has 1 heterocycles. The number of aliphatic hydroxyl groups excluding tert-OH is 1. The lowest BCUT2D eigenvalue weighted by molar-refractivity contribution is 0.145. The van der Waals surface area contributed by atoms with Gasteiger partial charge < -0.3 is 14.7 Å². The number of nitrogens with zero attached hydrogens (tertiary/aromatic N) is 1. The number of hydrogen-bond acceptors (Lipinski definition) is 3. The first-order chi connectivity index (χ1) is 11.2. The standard InChI is InChI=1S/C19H22FNO2/c1-23-19-13-18(21-9-7-16(22)8-10-21)17(20)12-15(19)11-14-5-3-2-4-6-14/h2-6,12-13,16,22H,7-11H2,1H3. The van der Waals surface area contributed by atoms with Crippen molar-refractivity contribution >= 4 is 5.69 Å². The smallest absolute Gasteiger partial charge is 0.147 e. The van der Waals surface area contributed by atoms with E-state index in [1.54, 1.807) is 19.2 Å². The van der Waals surface area contributed by atoms with Crippen LogP contribution in [0.4, 0.5) is 10.1 Å². The van der Waals surface area contributed by atoms with Crippen molar-refractivity contribution in [3.8, 4) is 5.75 Å². The van der Waals surface area contributed by atoms with Crippen LogP contribution in [-0.2, 0) is 6.42 Å². The Hall–Kier alpha value is -2.07. The first-order valence-corrected chi connectivity index (χ1v) is 8.00. The molecule has 0 atom stereocenters. The molecule has 122 valence electrons. The largest absolute Gasteiger partial charge is 0.496 e. The van der Waals surface area contributed by atoms with Gasteiger partial charge in [0.05, 0.1) is 18.9 Å². The number of anilines is 1. The van der Waals surface area contributed by atoms with Crippen LogP contribution in [0.1, 0.15) is 24.0 Å². The second-order valence-corrected chi connectivity index (χ2v) is 6.00. The number of piperidine rings is 1. The molecule has 2 aromatic carbocycles. The molecular weight excluding hydrogens is 293 g/mol. The van der Waals surface area contributed by atoms with Gasteiger partial charge in [-0.05, 0) is 24.5 Å². The van der Waals surface area contributed by atoms with Crippen LogP contribution in [0.5, 0.6) is 5.75 Å². The number of halogens is 1. The molecule has 2 aromatic rings. The maximum atomic E-state index is 14.6. The van der Waals surface area contributed by atoms with E-state index in [-0.39, 0.29) is 11.9 Å². The number of methoxy groups -OCH3 is 1. The molecule has 1 aliphatic rings. The van der Waals surface area contributed by atoms with E-state index in [9.17, 15) is 9.50 Å². The van der Waals surface area contributed by atoms with Gasteiger partial charge in [-0.2, -0.15) is 0 Å². The molecule has 3 nitrogen and oxygen atoms in total. The van der Waals surface area contributed by atoms with Crippen molar-refractivity contribution in [3.05, 3.63) is 59.4 Å². The van der Waals surface area contributed by atoms with Crippen LogP contribution in [0.2, 0.25) is 0 Å². The van der Waals surface area contributed by atoms with Gasteiger partial charge in [-0.1, -0.05) is 30.3 Å². The van der Waals surface area contributed by atoms with Gasteiger partial charge in [0.2, 0.25) is 0 Å². The average molecular weight is 315 g/mol. The Bertz CT molecular complexity index is 652. The molecule has 0 radical (unpaired) electrons. The van der Waals surface area contributed by atoms with Gasteiger partial charge in [-0.25, -0.2) is 4.39 Å². The van der Waals surface area contributed by atoms with E-state index in [4.69, 9.17) is 4.74 Å². The highest BCUT2D eigenvalue weighted by molar-refractivity contribution is 5.56. The lowest BCUT2D eigenvalue weighted by atomic mass is 10.0. The summed E-state index contributed by atoms with van der Waals surface area (Å²) in [5.74, 6) is 0.476. The van der Waals surface area contributed by atoms with Gasteiger partial charge in [0.1, 0.15) is 11.6 Å². The molecule has 0 aliphatic carbocycles. The highest BCUT2D eigenvalue weighted by atomic mass is 19.1. The highest BCUT2D eigenvalue weighted by Gasteiger charge is 2.21. The van der Waals surface area contributed by atoms with Crippen LogP contribution in [0.15, 0.2) is 42.5 Å². The molecule has 1 saturated heterocycles. The first-order valence-electron chi connectivity index (χ1n) is 8.00. The summed E-state index contributed by atoms with van der Waals surface area (Å²) in [7, 11) is 1.62. The van der Waals surface area contributed by atoms with E-state index >= 15 is 0 Å². The van der Waals surface area contributed by atoms with E-state index in [1.807, 2.05) is 35.2 Å². The monoisotopic (exact) mass is 315 g/mol. The molecule has 1 aliphatic heterocycles. The molecule has 1 fully saturated rings. The molecule has 0 spiro atoms. The Labute approximate surface area is 136 Å². The zero-order chi connectivity index (χ0) is 16.2. The summed E-state index contributed by atoms with van der Waals surface area (Å²) < 4.78 is 20.1. The number of ether oxygens (including phenoxy) is 1. The Balaban J connectivity index is 1.86. The summed E-state index contributed by atoms with van der Waals surface area (Å²) in [6.07, 6.45) is 1.72. The molecule has 1 N–H and O–H groups in total. The van der Waals surface area contributed by atoms with E-state index in [0.717, 1.165) is 11.1 Å². The van der Waals surface area contributed by atoms with Gasteiger partial charge in [0.25, 0.3) is 0 Å². The van der Waals surface area contributed by atoms with Crippen molar-refractivity contribution in [1.29, 1.82) is 0 Å². The molecule has 3 rings (SSSR count).